The fraction of sp³-hybridized carbons (Fsp3) is 0.833. The summed E-state index contributed by atoms with van der Waals surface area (Å²) in [6, 6.07) is 1.13. The summed E-state index contributed by atoms with van der Waals surface area (Å²) < 4.78 is 0. The van der Waals surface area contributed by atoms with Crippen molar-refractivity contribution in [2.45, 2.75) is 70.9 Å². The molecule has 1 saturated carbocycles. The van der Waals surface area contributed by atoms with Gasteiger partial charge in [0.1, 0.15) is 0 Å². The highest BCUT2D eigenvalue weighted by molar-refractivity contribution is 7.13. The maximum atomic E-state index is 13.4. The number of hydrogen-bond acceptors (Lipinski definition) is 6. The topological polar surface area (TPSA) is 42.9 Å². The Morgan fingerprint density at radius 1 is 1.23 bits per heavy atom. The molecule has 2 saturated heterocycles. The van der Waals surface area contributed by atoms with Crippen LogP contribution in [-0.2, 0) is 4.79 Å². The number of anilines is 1. The van der Waals surface area contributed by atoms with Gasteiger partial charge in [0.2, 0.25) is 5.91 Å². The molecule has 4 rings (SSSR count). The van der Waals surface area contributed by atoms with Crippen LogP contribution in [0.5, 0.6) is 0 Å². The van der Waals surface area contributed by atoms with Crippen molar-refractivity contribution in [3.8, 4) is 0 Å². The van der Waals surface area contributed by atoms with E-state index in [9.17, 15) is 4.79 Å². The fourth-order valence-corrected chi connectivity index (χ4v) is 5.98. The molecule has 0 bridgehead atoms. The molecule has 0 unspecified atom stereocenters. The second-order valence-electron chi connectivity index (χ2n) is 9.73. The first-order valence-electron chi connectivity index (χ1n) is 12.6. The van der Waals surface area contributed by atoms with Crippen molar-refractivity contribution in [3.05, 3.63) is 11.6 Å². The van der Waals surface area contributed by atoms with Crippen molar-refractivity contribution >= 4 is 22.4 Å². The molecule has 0 radical (unpaired) electrons. The number of aromatic nitrogens is 1. The van der Waals surface area contributed by atoms with E-state index in [0.29, 0.717) is 18.0 Å². The SMILES string of the molecule is CCCN1CCN([C@H](C)CCCN(C(=O)[C@@H]2CCCN(c3nccs3)C2)C2CC2)CC1. The zero-order valence-corrected chi connectivity index (χ0v) is 20.4. The molecular weight excluding hydrogens is 406 g/mol. The van der Waals surface area contributed by atoms with Gasteiger partial charge in [0.25, 0.3) is 0 Å². The summed E-state index contributed by atoms with van der Waals surface area (Å²) in [6.45, 7) is 13.5. The first-order chi connectivity index (χ1) is 15.2. The molecule has 3 aliphatic rings. The molecule has 3 fully saturated rings. The standard InChI is InChI=1S/C24H41N5OS/c1-3-11-26-14-16-27(17-15-26)20(2)6-4-13-29(22-8-9-22)23(30)21-7-5-12-28(19-21)24-25-10-18-31-24/h10,18,20-22H,3-9,11-17,19H2,1-2H3/t20-,21-/m1/s1. The fourth-order valence-electron chi connectivity index (χ4n) is 5.30. The number of carbonyl (C=O) groups excluding carboxylic acids is 1. The highest BCUT2D eigenvalue weighted by Gasteiger charge is 2.37. The van der Waals surface area contributed by atoms with Gasteiger partial charge in [-0.2, -0.15) is 0 Å². The van der Waals surface area contributed by atoms with E-state index in [0.717, 1.165) is 44.0 Å². The Morgan fingerprint density at radius 3 is 2.71 bits per heavy atom. The number of carbonyl (C=O) groups is 1. The van der Waals surface area contributed by atoms with Crippen LogP contribution < -0.4 is 4.90 Å². The Bertz CT molecular complexity index is 672. The van der Waals surface area contributed by atoms with Crippen molar-refractivity contribution < 1.29 is 4.79 Å². The summed E-state index contributed by atoms with van der Waals surface area (Å²) in [7, 11) is 0. The summed E-state index contributed by atoms with van der Waals surface area (Å²) in [5, 5.41) is 3.10. The van der Waals surface area contributed by atoms with E-state index in [1.807, 2.05) is 11.6 Å². The molecule has 1 aromatic rings. The van der Waals surface area contributed by atoms with Gasteiger partial charge < -0.3 is 14.7 Å². The van der Waals surface area contributed by atoms with Crippen LogP contribution in [0.1, 0.15) is 58.8 Å². The van der Waals surface area contributed by atoms with E-state index in [-0.39, 0.29) is 5.92 Å². The van der Waals surface area contributed by atoms with Gasteiger partial charge >= 0.3 is 0 Å². The molecule has 3 heterocycles. The third-order valence-corrected chi connectivity index (χ3v) is 8.15. The van der Waals surface area contributed by atoms with E-state index in [1.165, 1.54) is 58.4 Å². The van der Waals surface area contributed by atoms with Gasteiger partial charge in [-0.1, -0.05) is 6.92 Å². The van der Waals surface area contributed by atoms with Gasteiger partial charge in [0.15, 0.2) is 5.13 Å². The van der Waals surface area contributed by atoms with Crippen molar-refractivity contribution in [2.75, 3.05) is 57.3 Å². The lowest BCUT2D eigenvalue weighted by atomic mass is 9.96. The lowest BCUT2D eigenvalue weighted by molar-refractivity contribution is -0.136. The second-order valence-corrected chi connectivity index (χ2v) is 10.6. The summed E-state index contributed by atoms with van der Waals surface area (Å²) >= 11 is 1.69. The molecule has 1 aromatic heterocycles. The van der Waals surface area contributed by atoms with E-state index < -0.39 is 0 Å². The quantitative estimate of drug-likeness (QED) is 0.549. The monoisotopic (exact) mass is 447 g/mol. The summed E-state index contributed by atoms with van der Waals surface area (Å²) in [4.78, 5) is 27.7. The van der Waals surface area contributed by atoms with Crippen LogP contribution in [0.15, 0.2) is 11.6 Å². The van der Waals surface area contributed by atoms with Gasteiger partial charge in [-0.05, 0) is 58.4 Å². The molecule has 2 atom stereocenters. The number of nitrogens with zero attached hydrogens (tertiary/aromatic N) is 5. The highest BCUT2D eigenvalue weighted by Crippen LogP contribution is 2.32. The summed E-state index contributed by atoms with van der Waals surface area (Å²) in [6.07, 6.45) is 9.96. The lowest BCUT2D eigenvalue weighted by Gasteiger charge is -2.38. The summed E-state index contributed by atoms with van der Waals surface area (Å²) in [5.41, 5.74) is 0. The van der Waals surface area contributed by atoms with E-state index >= 15 is 0 Å². The average Bonchev–Trinajstić information content (AvgIpc) is 3.49. The minimum absolute atomic E-state index is 0.141. The van der Waals surface area contributed by atoms with E-state index in [1.54, 1.807) is 11.3 Å². The Kier molecular flexibility index (Phi) is 8.24. The zero-order chi connectivity index (χ0) is 21.6. The molecule has 0 aromatic carbocycles. The van der Waals surface area contributed by atoms with Crippen molar-refractivity contribution in [3.63, 3.8) is 0 Å². The number of piperidine rings is 1. The van der Waals surface area contributed by atoms with Crippen LogP contribution in [0, 0.1) is 5.92 Å². The Morgan fingerprint density at radius 2 is 2.03 bits per heavy atom. The van der Waals surface area contributed by atoms with Gasteiger partial charge in [-0.3, -0.25) is 9.69 Å². The molecule has 6 nitrogen and oxygen atoms in total. The van der Waals surface area contributed by atoms with Crippen LogP contribution in [-0.4, -0.2) is 90.0 Å². The van der Waals surface area contributed by atoms with Crippen LogP contribution in [0.3, 0.4) is 0 Å². The normalized spacial score (nSPS) is 24.3. The first kappa shape index (κ1) is 23.0. The average molecular weight is 448 g/mol. The predicted octanol–water partition coefficient (Wildman–Crippen LogP) is 3.55. The van der Waals surface area contributed by atoms with E-state index in [2.05, 4.69) is 38.4 Å². The van der Waals surface area contributed by atoms with Gasteiger partial charge in [0, 0.05) is 69.5 Å². The van der Waals surface area contributed by atoms with Crippen LogP contribution in [0.4, 0.5) is 5.13 Å². The summed E-state index contributed by atoms with van der Waals surface area (Å²) in [5.74, 6) is 0.548. The van der Waals surface area contributed by atoms with Crippen molar-refractivity contribution in [1.82, 2.24) is 19.7 Å². The Labute approximate surface area is 192 Å². The molecular formula is C24H41N5OS. The minimum atomic E-state index is 0.141. The number of rotatable bonds is 10. The number of piperazine rings is 1. The Balaban J connectivity index is 1.23. The highest BCUT2D eigenvalue weighted by atomic mass is 32.1. The van der Waals surface area contributed by atoms with Gasteiger partial charge in [-0.25, -0.2) is 4.98 Å². The molecule has 31 heavy (non-hydrogen) atoms. The number of hydrogen-bond donors (Lipinski definition) is 0. The molecule has 2 aliphatic heterocycles. The zero-order valence-electron chi connectivity index (χ0n) is 19.5. The third kappa shape index (κ3) is 6.20. The minimum Gasteiger partial charge on any atom is -0.347 e. The molecule has 7 heteroatoms. The first-order valence-corrected chi connectivity index (χ1v) is 13.4. The van der Waals surface area contributed by atoms with Gasteiger partial charge in [-0.15, -0.1) is 11.3 Å². The lowest BCUT2D eigenvalue weighted by Crippen LogP contribution is -2.50. The predicted molar refractivity (Wildman–Crippen MR) is 129 cm³/mol. The maximum absolute atomic E-state index is 13.4. The second kappa shape index (κ2) is 11.1. The largest absolute Gasteiger partial charge is 0.347 e. The molecule has 1 aliphatic carbocycles. The van der Waals surface area contributed by atoms with Crippen molar-refractivity contribution in [2.24, 2.45) is 5.92 Å². The smallest absolute Gasteiger partial charge is 0.227 e. The molecule has 0 N–H and O–H groups in total. The van der Waals surface area contributed by atoms with Crippen molar-refractivity contribution in [1.29, 1.82) is 0 Å². The number of amides is 1. The molecule has 0 spiro atoms. The molecule has 174 valence electrons. The van der Waals surface area contributed by atoms with E-state index in [4.69, 9.17) is 0 Å². The Hall–Kier alpha value is -1.18. The number of thiazole rings is 1. The van der Waals surface area contributed by atoms with Crippen LogP contribution >= 0.6 is 11.3 Å². The van der Waals surface area contributed by atoms with Crippen LogP contribution in [0.25, 0.3) is 0 Å². The van der Waals surface area contributed by atoms with Crippen LogP contribution in [0.2, 0.25) is 0 Å². The maximum Gasteiger partial charge on any atom is 0.227 e. The van der Waals surface area contributed by atoms with Gasteiger partial charge in [0.05, 0.1) is 5.92 Å². The molecule has 1 amide bonds. The third-order valence-electron chi connectivity index (χ3n) is 7.32.